The van der Waals surface area contributed by atoms with Crippen LogP contribution in [0.4, 0.5) is 0 Å². The first-order valence-corrected chi connectivity index (χ1v) is 7.53. The maximum Gasteiger partial charge on any atom is 0.341 e. The zero-order valence-electron chi connectivity index (χ0n) is 9.32. The highest BCUT2D eigenvalue weighted by atomic mass is 127. The summed E-state index contributed by atoms with van der Waals surface area (Å²) < 4.78 is 27.2. The molecule has 0 saturated carbocycles. The molecule has 5 heteroatoms. The standard InChI is InChI=1S/C11H13IO4/c1-11(2,3)16-10(13)8-6-4-5-7-9(8)12(14)15/h4-7H,1-3H3. The van der Waals surface area contributed by atoms with Gasteiger partial charge in [0, 0.05) is 0 Å². The predicted octanol–water partition coefficient (Wildman–Crippen LogP) is 3.01. The van der Waals surface area contributed by atoms with E-state index in [-0.39, 0.29) is 9.13 Å². The largest absolute Gasteiger partial charge is 0.456 e. The van der Waals surface area contributed by atoms with Crippen LogP contribution in [0.1, 0.15) is 31.1 Å². The van der Waals surface area contributed by atoms with Crippen LogP contribution in [-0.2, 0) is 10.9 Å². The molecule has 0 aliphatic carbocycles. The summed E-state index contributed by atoms with van der Waals surface area (Å²) in [5.41, 5.74) is -0.512. The summed E-state index contributed by atoms with van der Waals surface area (Å²) in [5.74, 6) is -0.600. The van der Waals surface area contributed by atoms with Crippen LogP contribution in [0.3, 0.4) is 0 Å². The molecule has 0 bridgehead atoms. The van der Waals surface area contributed by atoms with Gasteiger partial charge in [-0.05, 0) is 32.9 Å². The van der Waals surface area contributed by atoms with Crippen LogP contribution in [-0.4, -0.2) is 11.6 Å². The van der Waals surface area contributed by atoms with E-state index in [1.807, 2.05) is 0 Å². The number of hydrogen-bond donors (Lipinski definition) is 0. The molecule has 0 aromatic heterocycles. The van der Waals surface area contributed by atoms with Gasteiger partial charge in [0.25, 0.3) is 0 Å². The number of carbonyl (C=O) groups excluding carboxylic acids is 1. The first kappa shape index (κ1) is 13.1. The monoisotopic (exact) mass is 336 g/mol. The van der Waals surface area contributed by atoms with Gasteiger partial charge in [-0.25, -0.2) is 10.9 Å². The number of halogens is 1. The Bertz CT molecular complexity index is 461. The molecule has 0 aliphatic rings. The smallest absolute Gasteiger partial charge is 0.341 e. The molecule has 0 heterocycles. The van der Waals surface area contributed by atoms with Crippen molar-refractivity contribution in [2.24, 2.45) is 0 Å². The van der Waals surface area contributed by atoms with Gasteiger partial charge in [0.1, 0.15) is 5.60 Å². The Balaban J connectivity index is 3.09. The maximum atomic E-state index is 11.7. The van der Waals surface area contributed by atoms with Crippen molar-refractivity contribution in [3.05, 3.63) is 33.4 Å². The Labute approximate surface area is 101 Å². The fourth-order valence-electron chi connectivity index (χ4n) is 1.09. The van der Waals surface area contributed by atoms with Gasteiger partial charge in [-0.2, -0.15) is 0 Å². The van der Waals surface area contributed by atoms with E-state index in [0.29, 0.717) is 0 Å². The minimum absolute atomic E-state index is 0.0842. The Morgan fingerprint density at radius 3 is 2.25 bits per heavy atom. The topological polar surface area (TPSA) is 60.4 Å². The summed E-state index contributed by atoms with van der Waals surface area (Å²) in [6, 6.07) is 6.08. The lowest BCUT2D eigenvalue weighted by Crippen LogP contribution is -2.24. The average Bonchev–Trinajstić information content (AvgIpc) is 2.15. The van der Waals surface area contributed by atoms with Crippen LogP contribution < -0.4 is 0 Å². The number of esters is 1. The van der Waals surface area contributed by atoms with E-state index >= 15 is 0 Å². The van der Waals surface area contributed by atoms with Crippen molar-refractivity contribution in [3.63, 3.8) is 0 Å². The van der Waals surface area contributed by atoms with Gasteiger partial charge >= 0.3 is 25.8 Å². The van der Waals surface area contributed by atoms with Crippen LogP contribution in [0, 0.1) is 3.57 Å². The molecule has 1 aromatic carbocycles. The minimum atomic E-state index is -3.66. The van der Waals surface area contributed by atoms with Crippen molar-refractivity contribution >= 4 is 25.8 Å². The second-order valence-electron chi connectivity index (χ2n) is 4.20. The molecule has 1 aromatic rings. The molecular weight excluding hydrogens is 323 g/mol. The van der Waals surface area contributed by atoms with Gasteiger partial charge in [0.2, 0.25) is 0 Å². The van der Waals surface area contributed by atoms with E-state index in [1.54, 1.807) is 32.9 Å². The van der Waals surface area contributed by atoms with Gasteiger partial charge in [-0.3, -0.25) is 0 Å². The summed E-state index contributed by atoms with van der Waals surface area (Å²) >= 11 is -3.66. The summed E-state index contributed by atoms with van der Waals surface area (Å²) in [7, 11) is 0. The lowest BCUT2D eigenvalue weighted by atomic mass is 10.2. The van der Waals surface area contributed by atoms with Gasteiger partial charge in [-0.1, -0.05) is 12.1 Å². The molecule has 0 fully saturated rings. The van der Waals surface area contributed by atoms with E-state index < -0.39 is 31.4 Å². The Hall–Kier alpha value is -0.980. The molecule has 0 radical (unpaired) electrons. The second kappa shape index (κ2) is 4.90. The van der Waals surface area contributed by atoms with Crippen LogP contribution >= 0.6 is 19.8 Å². The fourth-order valence-corrected chi connectivity index (χ4v) is 2.47. The maximum absolute atomic E-state index is 11.7. The quantitative estimate of drug-likeness (QED) is 0.615. The SMILES string of the molecule is CC(C)(C)OC(=O)c1ccccc1I(=O)=O. The van der Waals surface area contributed by atoms with Crippen LogP contribution in [0.2, 0.25) is 0 Å². The van der Waals surface area contributed by atoms with Gasteiger partial charge in [0.15, 0.2) is 0 Å². The molecule has 4 nitrogen and oxygen atoms in total. The molecule has 0 amide bonds. The zero-order valence-corrected chi connectivity index (χ0v) is 11.5. The average molecular weight is 336 g/mol. The lowest BCUT2D eigenvalue weighted by molar-refractivity contribution is 0.00682. The molecule has 88 valence electrons. The first-order valence-electron chi connectivity index (χ1n) is 4.69. The highest BCUT2D eigenvalue weighted by molar-refractivity contribution is 14.2. The van der Waals surface area contributed by atoms with Crippen molar-refractivity contribution in [1.29, 1.82) is 0 Å². The third kappa shape index (κ3) is 3.55. The normalized spacial score (nSPS) is 11.5. The first-order chi connectivity index (χ1) is 7.31. The summed E-state index contributed by atoms with van der Waals surface area (Å²) in [4.78, 5) is 11.7. The summed E-state index contributed by atoms with van der Waals surface area (Å²) in [6.45, 7) is 5.20. The Morgan fingerprint density at radius 1 is 1.19 bits per heavy atom. The van der Waals surface area contributed by atoms with E-state index in [0.717, 1.165) is 0 Å². The van der Waals surface area contributed by atoms with Crippen molar-refractivity contribution in [2.45, 2.75) is 26.4 Å². The molecule has 1 rings (SSSR count). The van der Waals surface area contributed by atoms with E-state index in [2.05, 4.69) is 0 Å². The number of benzene rings is 1. The highest BCUT2D eigenvalue weighted by Gasteiger charge is 2.21. The Kier molecular flexibility index (Phi) is 4.01. The second-order valence-corrected chi connectivity index (χ2v) is 6.60. The third-order valence-corrected chi connectivity index (χ3v) is 3.55. The molecule has 0 spiro atoms. The zero-order chi connectivity index (χ0) is 12.3. The van der Waals surface area contributed by atoms with E-state index in [9.17, 15) is 10.9 Å². The van der Waals surface area contributed by atoms with Crippen LogP contribution in [0.15, 0.2) is 24.3 Å². The van der Waals surface area contributed by atoms with Crippen LogP contribution in [0.5, 0.6) is 0 Å². The molecule has 16 heavy (non-hydrogen) atoms. The van der Waals surface area contributed by atoms with Gasteiger partial charge < -0.3 is 4.74 Å². The third-order valence-electron chi connectivity index (χ3n) is 1.66. The van der Waals surface area contributed by atoms with Crippen molar-refractivity contribution in [3.8, 4) is 0 Å². The summed E-state index contributed by atoms with van der Waals surface area (Å²) in [5, 5.41) is 0. The number of carbonyl (C=O) groups is 1. The van der Waals surface area contributed by atoms with E-state index in [4.69, 9.17) is 4.74 Å². The fraction of sp³-hybridized carbons (Fsp3) is 0.364. The molecule has 0 aliphatic heterocycles. The molecule has 0 atom stereocenters. The molecular formula is C11H13IO4. The predicted molar refractivity (Wildman–Crippen MR) is 65.7 cm³/mol. The van der Waals surface area contributed by atoms with Crippen molar-refractivity contribution in [2.75, 3.05) is 0 Å². The number of rotatable bonds is 2. The highest BCUT2D eigenvalue weighted by Crippen LogP contribution is 2.23. The van der Waals surface area contributed by atoms with E-state index in [1.165, 1.54) is 12.1 Å². The van der Waals surface area contributed by atoms with Gasteiger partial charge in [-0.15, -0.1) is 0 Å². The molecule has 0 saturated heterocycles. The Morgan fingerprint density at radius 2 is 1.75 bits per heavy atom. The number of hydrogen-bond acceptors (Lipinski definition) is 4. The van der Waals surface area contributed by atoms with Crippen molar-refractivity contribution < 1.29 is 15.7 Å². The molecule has 0 unspecified atom stereocenters. The van der Waals surface area contributed by atoms with Crippen molar-refractivity contribution in [1.82, 2.24) is 0 Å². The summed E-state index contributed by atoms with van der Waals surface area (Å²) in [6.07, 6.45) is 0. The minimum Gasteiger partial charge on any atom is -0.456 e. The number of ether oxygens (including phenoxy) is 1. The molecule has 0 N–H and O–H groups in total. The van der Waals surface area contributed by atoms with Gasteiger partial charge in [0.05, 0.1) is 9.13 Å². The van der Waals surface area contributed by atoms with Crippen LogP contribution in [0.25, 0.3) is 0 Å². The lowest BCUT2D eigenvalue weighted by Gasteiger charge is -2.19.